The van der Waals surface area contributed by atoms with E-state index in [4.69, 9.17) is 0 Å². The second kappa shape index (κ2) is 5.40. The number of aromatic nitrogens is 3. The van der Waals surface area contributed by atoms with Crippen LogP contribution in [0.4, 0.5) is 5.13 Å². The van der Waals surface area contributed by atoms with Gasteiger partial charge in [0, 0.05) is 17.7 Å². The zero-order valence-corrected chi connectivity index (χ0v) is 12.8. The molecule has 0 saturated carbocycles. The van der Waals surface area contributed by atoms with Crippen LogP contribution in [0.2, 0.25) is 0 Å². The van der Waals surface area contributed by atoms with Crippen molar-refractivity contribution in [3.05, 3.63) is 27.5 Å². The first-order valence-corrected chi connectivity index (χ1v) is 7.80. The Labute approximate surface area is 126 Å². The number of aromatic amines is 1. The van der Waals surface area contributed by atoms with Crippen LogP contribution in [0.5, 0.6) is 0 Å². The normalized spacial score (nSPS) is 14.1. The van der Waals surface area contributed by atoms with E-state index in [0.29, 0.717) is 22.8 Å². The molecule has 3 rings (SSSR count). The SMILES string of the molecule is CCc1nnc(NC(=O)c2[nH]c3c(c2C)C(=O)CCC3)s1. The maximum Gasteiger partial charge on any atom is 0.274 e. The summed E-state index contributed by atoms with van der Waals surface area (Å²) in [5, 5.41) is 12.0. The summed E-state index contributed by atoms with van der Waals surface area (Å²) in [7, 11) is 0. The van der Waals surface area contributed by atoms with Gasteiger partial charge in [-0.15, -0.1) is 10.2 Å². The minimum Gasteiger partial charge on any atom is -0.354 e. The Balaban J connectivity index is 1.86. The van der Waals surface area contributed by atoms with Crippen LogP contribution in [0.15, 0.2) is 0 Å². The lowest BCUT2D eigenvalue weighted by atomic mass is 9.94. The fourth-order valence-corrected chi connectivity index (χ4v) is 3.28. The zero-order valence-electron chi connectivity index (χ0n) is 11.9. The highest BCUT2D eigenvalue weighted by Gasteiger charge is 2.26. The van der Waals surface area contributed by atoms with Gasteiger partial charge in [0.2, 0.25) is 5.13 Å². The number of amides is 1. The van der Waals surface area contributed by atoms with Crippen molar-refractivity contribution in [1.82, 2.24) is 15.2 Å². The molecule has 2 heterocycles. The summed E-state index contributed by atoms with van der Waals surface area (Å²) < 4.78 is 0. The number of anilines is 1. The molecule has 1 aliphatic rings. The number of nitrogens with one attached hydrogen (secondary N) is 2. The lowest BCUT2D eigenvalue weighted by Crippen LogP contribution is -2.13. The molecular weight excluding hydrogens is 288 g/mol. The molecule has 0 spiro atoms. The number of fused-ring (bicyclic) bond motifs is 1. The van der Waals surface area contributed by atoms with Crippen molar-refractivity contribution < 1.29 is 9.59 Å². The molecule has 7 heteroatoms. The summed E-state index contributed by atoms with van der Waals surface area (Å²) in [6.45, 7) is 3.80. The number of hydrogen-bond acceptors (Lipinski definition) is 5. The van der Waals surface area contributed by atoms with E-state index in [9.17, 15) is 9.59 Å². The summed E-state index contributed by atoms with van der Waals surface area (Å²) >= 11 is 1.36. The van der Waals surface area contributed by atoms with Crippen LogP contribution in [-0.2, 0) is 12.8 Å². The largest absolute Gasteiger partial charge is 0.354 e. The topological polar surface area (TPSA) is 87.7 Å². The van der Waals surface area contributed by atoms with E-state index in [1.807, 2.05) is 13.8 Å². The predicted molar refractivity (Wildman–Crippen MR) is 80.0 cm³/mol. The molecule has 1 aliphatic carbocycles. The second-order valence-electron chi connectivity index (χ2n) is 5.06. The number of carbonyl (C=O) groups is 2. The summed E-state index contributed by atoms with van der Waals surface area (Å²) in [4.78, 5) is 27.4. The molecule has 0 radical (unpaired) electrons. The lowest BCUT2D eigenvalue weighted by Gasteiger charge is -2.09. The zero-order chi connectivity index (χ0) is 15.0. The number of hydrogen-bond donors (Lipinski definition) is 2. The van der Waals surface area contributed by atoms with E-state index in [1.54, 1.807) is 0 Å². The smallest absolute Gasteiger partial charge is 0.274 e. The molecule has 0 atom stereocenters. The maximum absolute atomic E-state index is 12.3. The van der Waals surface area contributed by atoms with Gasteiger partial charge in [-0.2, -0.15) is 0 Å². The van der Waals surface area contributed by atoms with Crippen molar-refractivity contribution in [1.29, 1.82) is 0 Å². The third-order valence-electron chi connectivity index (χ3n) is 3.65. The first-order chi connectivity index (χ1) is 10.1. The molecular formula is C14H16N4O2S. The Morgan fingerprint density at radius 3 is 2.86 bits per heavy atom. The van der Waals surface area contributed by atoms with Gasteiger partial charge in [0.15, 0.2) is 5.78 Å². The Bertz CT molecular complexity index is 717. The quantitative estimate of drug-likeness (QED) is 0.912. The molecule has 0 unspecified atom stereocenters. The fourth-order valence-electron chi connectivity index (χ4n) is 2.61. The third kappa shape index (κ3) is 2.49. The molecule has 0 aliphatic heterocycles. The van der Waals surface area contributed by atoms with E-state index in [0.717, 1.165) is 35.5 Å². The van der Waals surface area contributed by atoms with E-state index in [-0.39, 0.29) is 11.7 Å². The van der Waals surface area contributed by atoms with Crippen molar-refractivity contribution in [2.75, 3.05) is 5.32 Å². The highest BCUT2D eigenvalue weighted by atomic mass is 32.1. The first-order valence-electron chi connectivity index (χ1n) is 6.98. The van der Waals surface area contributed by atoms with Crippen LogP contribution in [0.3, 0.4) is 0 Å². The number of aryl methyl sites for hydroxylation is 2. The Morgan fingerprint density at radius 1 is 1.38 bits per heavy atom. The van der Waals surface area contributed by atoms with Gasteiger partial charge < -0.3 is 4.98 Å². The number of rotatable bonds is 3. The second-order valence-corrected chi connectivity index (χ2v) is 6.13. The molecule has 0 bridgehead atoms. The monoisotopic (exact) mass is 304 g/mol. The molecule has 0 aromatic carbocycles. The predicted octanol–water partition coefficient (Wildman–Crippen LogP) is 2.51. The van der Waals surface area contributed by atoms with Crippen molar-refractivity contribution in [3.63, 3.8) is 0 Å². The Hall–Kier alpha value is -2.02. The molecule has 110 valence electrons. The minimum absolute atomic E-state index is 0.119. The van der Waals surface area contributed by atoms with Crippen LogP contribution in [0.1, 0.15) is 56.9 Å². The van der Waals surface area contributed by atoms with Crippen LogP contribution >= 0.6 is 11.3 Å². The molecule has 2 N–H and O–H groups in total. The first kappa shape index (κ1) is 13.9. The van der Waals surface area contributed by atoms with E-state index in [2.05, 4.69) is 20.5 Å². The van der Waals surface area contributed by atoms with Gasteiger partial charge in [0.1, 0.15) is 10.7 Å². The van der Waals surface area contributed by atoms with Gasteiger partial charge in [-0.3, -0.25) is 14.9 Å². The average Bonchev–Trinajstić information content (AvgIpc) is 3.04. The van der Waals surface area contributed by atoms with Crippen molar-refractivity contribution in [2.45, 2.75) is 39.5 Å². The number of Topliss-reactive ketones (excluding diaryl/α,β-unsaturated/α-hetero) is 1. The van der Waals surface area contributed by atoms with Crippen LogP contribution in [-0.4, -0.2) is 26.9 Å². The Morgan fingerprint density at radius 2 is 2.19 bits per heavy atom. The van der Waals surface area contributed by atoms with Crippen molar-refractivity contribution in [2.24, 2.45) is 0 Å². The number of ketones is 1. The summed E-state index contributed by atoms with van der Waals surface area (Å²) in [5.74, 6) is -0.151. The Kier molecular flexibility index (Phi) is 3.59. The van der Waals surface area contributed by atoms with Gasteiger partial charge in [-0.25, -0.2) is 0 Å². The molecule has 6 nitrogen and oxygen atoms in total. The summed E-state index contributed by atoms with van der Waals surface area (Å²) in [5.41, 5.74) is 2.74. The molecule has 1 amide bonds. The van der Waals surface area contributed by atoms with Crippen LogP contribution in [0.25, 0.3) is 0 Å². The van der Waals surface area contributed by atoms with E-state index in [1.165, 1.54) is 11.3 Å². The fraction of sp³-hybridized carbons (Fsp3) is 0.429. The molecule has 0 fully saturated rings. The highest BCUT2D eigenvalue weighted by Crippen LogP contribution is 2.27. The standard InChI is InChI=1S/C14H16N4O2S/c1-3-10-17-18-14(21-10)16-13(20)12-7(2)11-8(15-12)5-4-6-9(11)19/h15H,3-6H2,1-2H3,(H,16,18,20). The van der Waals surface area contributed by atoms with Crippen LogP contribution < -0.4 is 5.32 Å². The third-order valence-corrected chi connectivity index (χ3v) is 4.64. The van der Waals surface area contributed by atoms with Gasteiger partial charge >= 0.3 is 0 Å². The number of nitrogens with zero attached hydrogens (tertiary/aromatic N) is 2. The van der Waals surface area contributed by atoms with Gasteiger partial charge in [-0.1, -0.05) is 18.3 Å². The van der Waals surface area contributed by atoms with Crippen molar-refractivity contribution >= 4 is 28.2 Å². The van der Waals surface area contributed by atoms with E-state index < -0.39 is 0 Å². The highest BCUT2D eigenvalue weighted by molar-refractivity contribution is 7.15. The average molecular weight is 304 g/mol. The van der Waals surface area contributed by atoms with E-state index >= 15 is 0 Å². The molecule has 2 aromatic heterocycles. The van der Waals surface area contributed by atoms with Crippen molar-refractivity contribution in [3.8, 4) is 0 Å². The molecule has 2 aromatic rings. The molecule has 0 saturated heterocycles. The number of H-pyrrole nitrogens is 1. The minimum atomic E-state index is -0.270. The molecule has 21 heavy (non-hydrogen) atoms. The van der Waals surface area contributed by atoms with Gasteiger partial charge in [-0.05, 0) is 31.7 Å². The van der Waals surface area contributed by atoms with Gasteiger partial charge in [0.25, 0.3) is 5.91 Å². The summed E-state index contributed by atoms with van der Waals surface area (Å²) in [6, 6.07) is 0. The summed E-state index contributed by atoms with van der Waals surface area (Å²) in [6.07, 6.45) is 3.00. The van der Waals surface area contributed by atoms with Gasteiger partial charge in [0.05, 0.1) is 0 Å². The lowest BCUT2D eigenvalue weighted by molar-refractivity contribution is 0.0971. The van der Waals surface area contributed by atoms with Crippen LogP contribution in [0, 0.1) is 6.92 Å². The number of carbonyl (C=O) groups excluding carboxylic acids is 2. The maximum atomic E-state index is 12.3.